The maximum atomic E-state index is 12.0. The topological polar surface area (TPSA) is 44.1 Å². The average Bonchev–Trinajstić information content (AvgIpc) is 2.83. The van der Waals surface area contributed by atoms with Crippen LogP contribution in [-0.4, -0.2) is 15.9 Å². The Hall–Kier alpha value is -1.41. The molecule has 3 rings (SSSR count). The van der Waals surface area contributed by atoms with Crippen LogP contribution in [0.25, 0.3) is 10.9 Å². The zero-order chi connectivity index (χ0) is 14.1. The van der Waals surface area contributed by atoms with Gasteiger partial charge in [0.1, 0.15) is 5.52 Å². The Morgan fingerprint density at radius 2 is 2.00 bits per heavy atom. The maximum Gasteiger partial charge on any atom is 0.365 e. The molecule has 1 aromatic heterocycles. The number of carbonyl (C=O) groups excluding carboxylic acids is 1. The summed E-state index contributed by atoms with van der Waals surface area (Å²) in [4.78, 5) is 18.6. The van der Waals surface area contributed by atoms with Crippen LogP contribution in [0.5, 0.6) is 0 Å². The Morgan fingerprint density at radius 1 is 1.25 bits per heavy atom. The number of carbonyl (C=O) groups is 1. The predicted octanol–water partition coefficient (Wildman–Crippen LogP) is 3.67. The van der Waals surface area contributed by atoms with Crippen LogP contribution in [0, 0.1) is 3.57 Å². The number of hydrogen-bond acceptors (Lipinski definition) is 3. The van der Waals surface area contributed by atoms with Crippen molar-refractivity contribution in [3.05, 3.63) is 62.3 Å². The minimum atomic E-state index is -0.437. The highest BCUT2D eigenvalue weighted by Crippen LogP contribution is 2.25. The highest BCUT2D eigenvalue weighted by Gasteiger charge is 2.12. The molecule has 2 aromatic carbocycles. The van der Waals surface area contributed by atoms with Gasteiger partial charge in [0.25, 0.3) is 0 Å². The molecule has 0 fully saturated rings. The molecule has 0 aliphatic carbocycles. The number of halogens is 2. The van der Waals surface area contributed by atoms with Gasteiger partial charge < -0.3 is 4.84 Å². The molecule has 0 unspecified atom stereocenters. The minimum absolute atomic E-state index is 0.437. The Bertz CT molecular complexity index is 786. The van der Waals surface area contributed by atoms with Crippen LogP contribution in [0.3, 0.4) is 0 Å². The second-order valence-corrected chi connectivity index (χ2v) is 6.10. The lowest BCUT2D eigenvalue weighted by Crippen LogP contribution is -2.20. The zero-order valence-electron chi connectivity index (χ0n) is 10.1. The number of rotatable bonds is 2. The lowest BCUT2D eigenvalue weighted by atomic mass is 10.2. The van der Waals surface area contributed by atoms with E-state index in [0.29, 0.717) is 5.56 Å². The van der Waals surface area contributed by atoms with Crippen LogP contribution < -0.4 is 4.84 Å². The van der Waals surface area contributed by atoms with Crippen LogP contribution in [0.4, 0.5) is 0 Å². The van der Waals surface area contributed by atoms with Gasteiger partial charge in [0, 0.05) is 13.4 Å². The first-order valence-corrected chi connectivity index (χ1v) is 7.63. The number of hydrogen-bond donors (Lipinski definition) is 0. The van der Waals surface area contributed by atoms with E-state index in [9.17, 15) is 4.79 Å². The van der Waals surface area contributed by atoms with E-state index in [1.165, 1.54) is 4.85 Å². The third-order valence-corrected chi connectivity index (χ3v) is 5.05. The molecule has 100 valence electrons. The van der Waals surface area contributed by atoms with Gasteiger partial charge in [0.2, 0.25) is 0 Å². The van der Waals surface area contributed by atoms with Crippen LogP contribution in [0.1, 0.15) is 10.4 Å². The van der Waals surface area contributed by atoms with Gasteiger partial charge in [-0.25, -0.2) is 4.79 Å². The molecule has 20 heavy (non-hydrogen) atoms. The summed E-state index contributed by atoms with van der Waals surface area (Å²) in [6.45, 7) is 0. The molecule has 0 spiro atoms. The van der Waals surface area contributed by atoms with E-state index in [0.717, 1.165) is 18.9 Å². The Balaban J connectivity index is 1.96. The van der Waals surface area contributed by atoms with Crippen molar-refractivity contribution in [1.82, 2.24) is 9.94 Å². The van der Waals surface area contributed by atoms with Crippen molar-refractivity contribution < 1.29 is 9.63 Å². The van der Waals surface area contributed by atoms with Crippen LogP contribution in [-0.2, 0) is 0 Å². The number of nitrogens with zero attached hydrogens (tertiary/aromatic N) is 2. The van der Waals surface area contributed by atoms with Gasteiger partial charge in [-0.15, -0.1) is 5.10 Å². The maximum absolute atomic E-state index is 12.0. The lowest BCUT2D eigenvalue weighted by Gasteiger charge is -2.05. The van der Waals surface area contributed by atoms with Gasteiger partial charge in [0.15, 0.2) is 0 Å². The molecular weight excluding hydrogens is 435 g/mol. The first kappa shape index (κ1) is 13.6. The van der Waals surface area contributed by atoms with Crippen molar-refractivity contribution in [2.24, 2.45) is 0 Å². The summed E-state index contributed by atoms with van der Waals surface area (Å²) in [7, 11) is 0. The Labute approximate surface area is 137 Å². The number of fused-ring (bicyclic) bond motifs is 1. The molecule has 0 amide bonds. The summed E-state index contributed by atoms with van der Waals surface area (Å²) in [5.74, 6) is -0.437. The van der Waals surface area contributed by atoms with Gasteiger partial charge in [-0.3, -0.25) is 0 Å². The Morgan fingerprint density at radius 3 is 2.75 bits per heavy atom. The molecule has 0 saturated carbocycles. The minimum Gasteiger partial charge on any atom is -0.313 e. The molecular formula is C14H8BrIN2O2. The fourth-order valence-electron chi connectivity index (χ4n) is 1.78. The van der Waals surface area contributed by atoms with E-state index in [1.807, 2.05) is 18.2 Å². The summed E-state index contributed by atoms with van der Waals surface area (Å²) in [6.07, 6.45) is 1.66. The smallest absolute Gasteiger partial charge is 0.313 e. The largest absolute Gasteiger partial charge is 0.365 e. The van der Waals surface area contributed by atoms with Crippen molar-refractivity contribution in [1.29, 1.82) is 0 Å². The third kappa shape index (κ3) is 2.57. The molecule has 0 aliphatic heterocycles. The van der Waals surface area contributed by atoms with Crippen molar-refractivity contribution in [2.45, 2.75) is 0 Å². The molecule has 6 heteroatoms. The van der Waals surface area contributed by atoms with Crippen molar-refractivity contribution >= 4 is 55.4 Å². The molecule has 3 aromatic rings. The monoisotopic (exact) mass is 442 g/mol. The fourth-order valence-corrected chi connectivity index (χ4v) is 2.59. The standard InChI is InChI=1S/C14H8BrIN2O2/c15-11-6-10-8-17-18(13(10)7-12(11)16)20-14(19)9-4-2-1-3-5-9/h1-8H. The molecule has 0 aliphatic rings. The Kier molecular flexibility index (Phi) is 3.75. The first-order chi connectivity index (χ1) is 9.65. The molecule has 0 atom stereocenters. The first-order valence-electron chi connectivity index (χ1n) is 5.75. The van der Waals surface area contributed by atoms with Gasteiger partial charge in [-0.05, 0) is 62.8 Å². The fraction of sp³-hybridized carbons (Fsp3) is 0. The molecule has 4 nitrogen and oxygen atoms in total. The van der Waals surface area contributed by atoms with E-state index in [2.05, 4.69) is 43.6 Å². The second-order valence-electron chi connectivity index (χ2n) is 4.09. The second kappa shape index (κ2) is 5.53. The van der Waals surface area contributed by atoms with E-state index in [4.69, 9.17) is 4.84 Å². The van der Waals surface area contributed by atoms with Gasteiger partial charge in [-0.1, -0.05) is 23.0 Å². The van der Waals surface area contributed by atoms with E-state index < -0.39 is 5.97 Å². The zero-order valence-corrected chi connectivity index (χ0v) is 13.8. The molecule has 0 bridgehead atoms. The molecule has 0 saturated heterocycles. The highest BCUT2D eigenvalue weighted by molar-refractivity contribution is 14.1. The summed E-state index contributed by atoms with van der Waals surface area (Å²) in [5, 5.41) is 4.99. The van der Waals surface area contributed by atoms with E-state index in [1.54, 1.807) is 30.5 Å². The SMILES string of the molecule is O=C(On1ncc2cc(Br)c(I)cc21)c1ccccc1. The number of benzene rings is 2. The third-order valence-electron chi connectivity index (χ3n) is 2.76. The average molecular weight is 443 g/mol. The summed E-state index contributed by atoms with van der Waals surface area (Å²) < 4.78 is 2.01. The van der Waals surface area contributed by atoms with Gasteiger partial charge >= 0.3 is 5.97 Å². The highest BCUT2D eigenvalue weighted by atomic mass is 127. The van der Waals surface area contributed by atoms with Crippen molar-refractivity contribution in [3.63, 3.8) is 0 Å². The van der Waals surface area contributed by atoms with Crippen molar-refractivity contribution in [3.8, 4) is 0 Å². The van der Waals surface area contributed by atoms with Crippen LogP contribution in [0.2, 0.25) is 0 Å². The number of aromatic nitrogens is 2. The summed E-state index contributed by atoms with van der Waals surface area (Å²) in [6, 6.07) is 12.7. The normalized spacial score (nSPS) is 10.7. The predicted molar refractivity (Wildman–Crippen MR) is 87.5 cm³/mol. The molecule has 0 radical (unpaired) electrons. The lowest BCUT2D eigenvalue weighted by molar-refractivity contribution is 0.0419. The van der Waals surface area contributed by atoms with Crippen molar-refractivity contribution in [2.75, 3.05) is 0 Å². The summed E-state index contributed by atoms with van der Waals surface area (Å²) in [5.41, 5.74) is 1.24. The van der Waals surface area contributed by atoms with Gasteiger partial charge in [-0.2, -0.15) is 0 Å². The molecule has 0 N–H and O–H groups in total. The van der Waals surface area contributed by atoms with Crippen LogP contribution in [0.15, 0.2) is 53.1 Å². The van der Waals surface area contributed by atoms with Crippen LogP contribution >= 0.6 is 38.5 Å². The van der Waals surface area contributed by atoms with E-state index in [-0.39, 0.29) is 0 Å². The quantitative estimate of drug-likeness (QED) is 0.569. The van der Waals surface area contributed by atoms with Gasteiger partial charge in [0.05, 0.1) is 11.8 Å². The van der Waals surface area contributed by atoms with E-state index >= 15 is 0 Å². The molecule has 1 heterocycles. The summed E-state index contributed by atoms with van der Waals surface area (Å²) >= 11 is 5.66.